The minimum Gasteiger partial charge on any atom is -0.448 e. The van der Waals surface area contributed by atoms with E-state index in [1.807, 2.05) is 19.9 Å². The third-order valence-electron chi connectivity index (χ3n) is 3.54. The van der Waals surface area contributed by atoms with Gasteiger partial charge in [-0.1, -0.05) is 13.8 Å². The maximum absolute atomic E-state index is 12.1. The van der Waals surface area contributed by atoms with Gasteiger partial charge in [0.25, 0.3) is 5.91 Å². The maximum atomic E-state index is 12.1. The number of carbonyl (C=O) groups excluding carboxylic acids is 2. The minimum absolute atomic E-state index is 0.238. The van der Waals surface area contributed by atoms with Crippen LogP contribution in [0.3, 0.4) is 0 Å². The van der Waals surface area contributed by atoms with Crippen LogP contribution in [-0.4, -0.2) is 24.5 Å². The molecule has 1 aliphatic carbocycles. The van der Waals surface area contributed by atoms with Gasteiger partial charge in [0.1, 0.15) is 4.88 Å². The van der Waals surface area contributed by atoms with Gasteiger partial charge < -0.3 is 10.1 Å². The van der Waals surface area contributed by atoms with Crippen molar-refractivity contribution < 1.29 is 14.3 Å². The largest absolute Gasteiger partial charge is 0.448 e. The van der Waals surface area contributed by atoms with Crippen LogP contribution in [-0.2, 0) is 22.4 Å². The van der Waals surface area contributed by atoms with Crippen LogP contribution in [0.5, 0.6) is 0 Å². The monoisotopic (exact) mass is 309 g/mol. The van der Waals surface area contributed by atoms with Gasteiger partial charge in [0.2, 0.25) is 0 Å². The number of amides is 1. The first-order valence-corrected chi connectivity index (χ1v) is 8.39. The number of ether oxygens (including phenoxy) is 1. The average Bonchev–Trinajstić information content (AvgIpc) is 2.88. The molecule has 0 spiro atoms. The van der Waals surface area contributed by atoms with Crippen molar-refractivity contribution in [1.29, 1.82) is 0 Å². The highest BCUT2D eigenvalue weighted by Gasteiger charge is 2.22. The zero-order chi connectivity index (χ0) is 15.4. The Morgan fingerprint density at radius 1 is 1.29 bits per heavy atom. The van der Waals surface area contributed by atoms with Gasteiger partial charge in [0.15, 0.2) is 6.10 Å². The summed E-state index contributed by atoms with van der Waals surface area (Å²) >= 11 is 1.51. The fourth-order valence-electron chi connectivity index (χ4n) is 2.31. The molecule has 1 heterocycles. The Labute approximate surface area is 129 Å². The molecule has 0 saturated carbocycles. The molecule has 4 nitrogen and oxygen atoms in total. The van der Waals surface area contributed by atoms with Gasteiger partial charge in [0.05, 0.1) is 0 Å². The lowest BCUT2D eigenvalue weighted by molar-refractivity contribution is -0.129. The van der Waals surface area contributed by atoms with E-state index in [1.165, 1.54) is 34.6 Å². The molecule has 1 amide bonds. The molecular formula is C16H23NO3S. The van der Waals surface area contributed by atoms with Crippen LogP contribution in [0.2, 0.25) is 0 Å². The Balaban J connectivity index is 1.91. The van der Waals surface area contributed by atoms with E-state index in [0.717, 1.165) is 12.8 Å². The fourth-order valence-corrected chi connectivity index (χ4v) is 3.45. The van der Waals surface area contributed by atoms with E-state index < -0.39 is 6.10 Å². The van der Waals surface area contributed by atoms with Crippen molar-refractivity contribution in [2.24, 2.45) is 5.92 Å². The van der Waals surface area contributed by atoms with Crippen LogP contribution < -0.4 is 5.32 Å². The van der Waals surface area contributed by atoms with E-state index in [0.29, 0.717) is 17.3 Å². The molecule has 21 heavy (non-hydrogen) atoms. The van der Waals surface area contributed by atoms with E-state index in [-0.39, 0.29) is 11.9 Å². The molecule has 0 radical (unpaired) electrons. The lowest BCUT2D eigenvalue weighted by atomic mass is 9.99. The lowest BCUT2D eigenvalue weighted by Gasteiger charge is -2.14. The third kappa shape index (κ3) is 4.30. The standard InChI is InChI=1S/C16H23NO3S/c1-10(2)9-17-15(18)11(3)20-16(19)14-8-12-6-4-5-7-13(12)21-14/h8,10-11H,4-7,9H2,1-3H3,(H,17,18)/t11-/m1/s1. The number of hydrogen-bond acceptors (Lipinski definition) is 4. The summed E-state index contributed by atoms with van der Waals surface area (Å²) in [7, 11) is 0. The minimum atomic E-state index is -0.754. The van der Waals surface area contributed by atoms with Gasteiger partial charge in [-0.2, -0.15) is 0 Å². The highest BCUT2D eigenvalue weighted by Crippen LogP contribution is 2.30. The second-order valence-electron chi connectivity index (χ2n) is 5.95. The summed E-state index contributed by atoms with van der Waals surface area (Å²) < 4.78 is 5.27. The smallest absolute Gasteiger partial charge is 0.349 e. The molecule has 1 aromatic rings. The van der Waals surface area contributed by atoms with Gasteiger partial charge >= 0.3 is 5.97 Å². The van der Waals surface area contributed by atoms with Crippen LogP contribution in [0.1, 0.15) is 53.7 Å². The molecule has 0 aromatic carbocycles. The predicted octanol–water partition coefficient (Wildman–Crippen LogP) is 2.94. The summed E-state index contributed by atoms with van der Waals surface area (Å²) in [6.07, 6.45) is 3.72. The molecule has 1 atom stereocenters. The van der Waals surface area contributed by atoms with Crippen LogP contribution >= 0.6 is 11.3 Å². The number of fused-ring (bicyclic) bond motifs is 1. The summed E-state index contributed by atoms with van der Waals surface area (Å²) in [5, 5.41) is 2.77. The van der Waals surface area contributed by atoms with Crippen molar-refractivity contribution >= 4 is 23.2 Å². The quantitative estimate of drug-likeness (QED) is 0.851. The normalized spacial score (nSPS) is 15.4. The van der Waals surface area contributed by atoms with Crippen LogP contribution in [0, 0.1) is 5.92 Å². The molecule has 0 bridgehead atoms. The Hall–Kier alpha value is -1.36. The average molecular weight is 309 g/mol. The molecule has 0 aliphatic heterocycles. The number of carbonyl (C=O) groups is 2. The molecule has 0 unspecified atom stereocenters. The summed E-state index contributed by atoms with van der Waals surface area (Å²) in [6.45, 7) is 6.25. The van der Waals surface area contributed by atoms with Gasteiger partial charge in [-0.05, 0) is 50.2 Å². The van der Waals surface area contributed by atoms with Crippen molar-refractivity contribution in [3.05, 3.63) is 21.4 Å². The number of rotatable bonds is 5. The highest BCUT2D eigenvalue weighted by molar-refractivity contribution is 7.14. The van der Waals surface area contributed by atoms with Crippen molar-refractivity contribution in [2.45, 2.75) is 52.6 Å². The highest BCUT2D eigenvalue weighted by atomic mass is 32.1. The summed E-state index contributed by atoms with van der Waals surface area (Å²) in [5.41, 5.74) is 1.27. The Kier molecular flexibility index (Phi) is 5.39. The van der Waals surface area contributed by atoms with Crippen LogP contribution in [0.4, 0.5) is 0 Å². The van der Waals surface area contributed by atoms with E-state index in [4.69, 9.17) is 4.74 Å². The molecule has 1 N–H and O–H groups in total. The van der Waals surface area contributed by atoms with Crippen molar-refractivity contribution in [3.63, 3.8) is 0 Å². The first kappa shape index (κ1) is 16.0. The van der Waals surface area contributed by atoms with Crippen LogP contribution in [0.25, 0.3) is 0 Å². The van der Waals surface area contributed by atoms with Crippen molar-refractivity contribution in [1.82, 2.24) is 5.32 Å². The first-order chi connectivity index (χ1) is 9.97. The van der Waals surface area contributed by atoms with Crippen molar-refractivity contribution in [2.75, 3.05) is 6.54 Å². The number of aryl methyl sites for hydroxylation is 2. The maximum Gasteiger partial charge on any atom is 0.349 e. The van der Waals surface area contributed by atoms with E-state index in [1.54, 1.807) is 6.92 Å². The van der Waals surface area contributed by atoms with Crippen LogP contribution in [0.15, 0.2) is 6.07 Å². The SMILES string of the molecule is CC(C)CNC(=O)[C@@H](C)OC(=O)c1cc2c(s1)CCCC2. The molecule has 1 aliphatic rings. The van der Waals surface area contributed by atoms with Gasteiger partial charge in [-0.15, -0.1) is 11.3 Å². The summed E-state index contributed by atoms with van der Waals surface area (Å²) in [4.78, 5) is 25.9. The molecule has 2 rings (SSSR count). The Morgan fingerprint density at radius 2 is 2.00 bits per heavy atom. The molecule has 5 heteroatoms. The molecular weight excluding hydrogens is 286 g/mol. The molecule has 1 aromatic heterocycles. The number of thiophene rings is 1. The van der Waals surface area contributed by atoms with E-state index in [2.05, 4.69) is 5.32 Å². The number of nitrogens with one attached hydrogen (secondary N) is 1. The van der Waals surface area contributed by atoms with Gasteiger partial charge in [-0.25, -0.2) is 4.79 Å². The first-order valence-electron chi connectivity index (χ1n) is 7.57. The Bertz CT molecular complexity index is 498. The second kappa shape index (κ2) is 7.07. The Morgan fingerprint density at radius 3 is 2.67 bits per heavy atom. The number of hydrogen-bond donors (Lipinski definition) is 1. The predicted molar refractivity (Wildman–Crippen MR) is 83.7 cm³/mol. The molecule has 0 fully saturated rings. The number of esters is 1. The molecule has 116 valence electrons. The summed E-state index contributed by atoms with van der Waals surface area (Å²) in [5.74, 6) is -0.249. The summed E-state index contributed by atoms with van der Waals surface area (Å²) in [6, 6.07) is 1.93. The van der Waals surface area contributed by atoms with Gasteiger partial charge in [0, 0.05) is 11.4 Å². The second-order valence-corrected chi connectivity index (χ2v) is 7.09. The fraction of sp³-hybridized carbons (Fsp3) is 0.625. The van der Waals surface area contributed by atoms with E-state index >= 15 is 0 Å². The topological polar surface area (TPSA) is 55.4 Å². The zero-order valence-electron chi connectivity index (χ0n) is 12.9. The van der Waals surface area contributed by atoms with E-state index in [9.17, 15) is 9.59 Å². The lowest BCUT2D eigenvalue weighted by Crippen LogP contribution is -2.37. The third-order valence-corrected chi connectivity index (χ3v) is 4.75. The van der Waals surface area contributed by atoms with Gasteiger partial charge in [-0.3, -0.25) is 4.79 Å². The van der Waals surface area contributed by atoms with Crippen molar-refractivity contribution in [3.8, 4) is 0 Å². The molecule has 0 saturated heterocycles. The zero-order valence-corrected chi connectivity index (χ0v) is 13.7.